The highest BCUT2D eigenvalue weighted by Gasteiger charge is 2.31. The number of benzene rings is 1. The molecule has 0 bridgehead atoms. The van der Waals surface area contributed by atoms with E-state index in [4.69, 9.17) is 4.42 Å². The van der Waals surface area contributed by atoms with E-state index < -0.39 is 23.6 Å². The van der Waals surface area contributed by atoms with E-state index in [0.717, 1.165) is 12.1 Å². The predicted octanol–water partition coefficient (Wildman–Crippen LogP) is 3.45. The van der Waals surface area contributed by atoms with Crippen molar-refractivity contribution in [2.75, 3.05) is 18.4 Å². The summed E-state index contributed by atoms with van der Waals surface area (Å²) in [5, 5.41) is 19.3. The Morgan fingerprint density at radius 1 is 1.29 bits per heavy atom. The van der Waals surface area contributed by atoms with E-state index >= 15 is 0 Å². The Bertz CT molecular complexity index is 1270. The fourth-order valence-corrected chi connectivity index (χ4v) is 3.68. The molecule has 10 heteroatoms. The number of furan rings is 1. The molecular weight excluding hydrogens is 408 g/mol. The molecule has 5 rings (SSSR count). The number of pyridine rings is 1. The van der Waals surface area contributed by atoms with Gasteiger partial charge in [0.05, 0.1) is 23.4 Å². The van der Waals surface area contributed by atoms with E-state index in [2.05, 4.69) is 20.5 Å². The van der Waals surface area contributed by atoms with Gasteiger partial charge in [-0.3, -0.25) is 14.9 Å². The van der Waals surface area contributed by atoms with E-state index in [1.807, 2.05) is 0 Å². The molecule has 4 heterocycles. The SMILES string of the molecule is O=C(c1oc2ccncc2c1Nc1cc(F)c(-c2cn[nH]c2)cc1F)N1CC[C@@H](O)C1. The second-order valence-corrected chi connectivity index (χ2v) is 7.30. The molecule has 1 fully saturated rings. The van der Waals surface area contributed by atoms with Crippen LogP contribution in [0.2, 0.25) is 0 Å². The highest BCUT2D eigenvalue weighted by Crippen LogP contribution is 2.36. The zero-order valence-electron chi connectivity index (χ0n) is 16.1. The van der Waals surface area contributed by atoms with Gasteiger partial charge in [0.2, 0.25) is 5.76 Å². The van der Waals surface area contributed by atoms with Gasteiger partial charge in [-0.1, -0.05) is 0 Å². The topological polar surface area (TPSA) is 107 Å². The van der Waals surface area contributed by atoms with Crippen LogP contribution in [-0.2, 0) is 0 Å². The highest BCUT2D eigenvalue weighted by atomic mass is 19.1. The number of hydrogen-bond acceptors (Lipinski definition) is 6. The van der Waals surface area contributed by atoms with Gasteiger partial charge in [0, 0.05) is 48.9 Å². The van der Waals surface area contributed by atoms with Gasteiger partial charge in [-0.25, -0.2) is 8.78 Å². The van der Waals surface area contributed by atoms with Crippen molar-refractivity contribution < 1.29 is 23.1 Å². The van der Waals surface area contributed by atoms with Crippen LogP contribution in [0.15, 0.2) is 47.4 Å². The van der Waals surface area contributed by atoms with Gasteiger partial charge in [0.25, 0.3) is 5.91 Å². The Kier molecular flexibility index (Phi) is 4.63. The van der Waals surface area contributed by atoms with Crippen molar-refractivity contribution in [2.45, 2.75) is 12.5 Å². The number of nitrogens with zero attached hydrogens (tertiary/aromatic N) is 3. The first-order chi connectivity index (χ1) is 15.0. The molecule has 1 aliphatic heterocycles. The van der Waals surface area contributed by atoms with Crippen LogP contribution in [0, 0.1) is 11.6 Å². The number of amides is 1. The third-order valence-corrected chi connectivity index (χ3v) is 5.26. The summed E-state index contributed by atoms with van der Waals surface area (Å²) in [6, 6.07) is 3.65. The molecular formula is C21H17F2N5O3. The number of aliphatic hydroxyl groups is 1. The van der Waals surface area contributed by atoms with Gasteiger partial charge >= 0.3 is 0 Å². The molecule has 8 nitrogen and oxygen atoms in total. The largest absolute Gasteiger partial charge is 0.448 e. The number of β-amino-alcohol motifs (C(OH)–C–C–N with tert-alkyl or cyclic N) is 1. The summed E-state index contributed by atoms with van der Waals surface area (Å²) in [5.74, 6) is -1.89. The Morgan fingerprint density at radius 2 is 2.16 bits per heavy atom. The number of anilines is 2. The number of aromatic amines is 1. The average molecular weight is 425 g/mol. The van der Waals surface area contributed by atoms with Crippen LogP contribution in [-0.4, -0.2) is 50.3 Å². The third-order valence-electron chi connectivity index (χ3n) is 5.26. The molecule has 0 radical (unpaired) electrons. The minimum atomic E-state index is -0.717. The number of halogens is 2. The van der Waals surface area contributed by atoms with Crippen molar-refractivity contribution in [2.24, 2.45) is 0 Å². The minimum Gasteiger partial charge on any atom is -0.448 e. The number of fused-ring (bicyclic) bond motifs is 1. The lowest BCUT2D eigenvalue weighted by Gasteiger charge is -2.15. The van der Waals surface area contributed by atoms with Crippen molar-refractivity contribution in [1.82, 2.24) is 20.1 Å². The number of rotatable bonds is 4. The molecule has 0 unspecified atom stereocenters. The first kappa shape index (κ1) is 19.2. The molecule has 1 saturated heterocycles. The zero-order chi connectivity index (χ0) is 21.5. The van der Waals surface area contributed by atoms with Crippen LogP contribution < -0.4 is 5.32 Å². The number of aliphatic hydroxyl groups excluding tert-OH is 1. The van der Waals surface area contributed by atoms with Crippen molar-refractivity contribution in [3.05, 3.63) is 60.4 Å². The number of nitrogens with one attached hydrogen (secondary N) is 2. The maximum Gasteiger partial charge on any atom is 0.291 e. The molecule has 1 amide bonds. The van der Waals surface area contributed by atoms with Crippen LogP contribution in [0.25, 0.3) is 22.1 Å². The minimum absolute atomic E-state index is 0.0536. The van der Waals surface area contributed by atoms with Crippen LogP contribution in [0.4, 0.5) is 20.2 Å². The second kappa shape index (κ2) is 7.47. The second-order valence-electron chi connectivity index (χ2n) is 7.30. The zero-order valence-corrected chi connectivity index (χ0v) is 16.1. The highest BCUT2D eigenvalue weighted by molar-refractivity contribution is 6.07. The fraction of sp³-hybridized carbons (Fsp3) is 0.190. The summed E-state index contributed by atoms with van der Waals surface area (Å²) >= 11 is 0. The van der Waals surface area contributed by atoms with Crippen LogP contribution in [0.3, 0.4) is 0 Å². The Labute approximate surface area is 174 Å². The average Bonchev–Trinajstić information content (AvgIpc) is 3.50. The molecule has 31 heavy (non-hydrogen) atoms. The van der Waals surface area contributed by atoms with Crippen LogP contribution in [0.1, 0.15) is 17.0 Å². The summed E-state index contributed by atoms with van der Waals surface area (Å²) in [5.41, 5.74) is 0.856. The number of aromatic nitrogens is 3. The molecule has 1 atom stereocenters. The molecule has 1 aromatic carbocycles. The lowest BCUT2D eigenvalue weighted by molar-refractivity contribution is 0.0737. The maximum atomic E-state index is 14.9. The molecule has 4 aromatic rings. The predicted molar refractivity (Wildman–Crippen MR) is 108 cm³/mol. The number of likely N-dealkylation sites (tertiary alicyclic amines) is 1. The van der Waals surface area contributed by atoms with Gasteiger partial charge in [-0.15, -0.1) is 0 Å². The standard InChI is InChI=1S/C21H17F2N5O3/c22-15-6-17(16(23)5-13(15)11-7-25-26-8-11)27-19-14-9-24-3-1-18(14)31-20(19)21(30)28-4-2-12(29)10-28/h1,3,5-9,12,27,29H,2,4,10H2,(H,25,26)/t12-/m1/s1. The van der Waals surface area contributed by atoms with Gasteiger partial charge in [0.1, 0.15) is 22.9 Å². The van der Waals surface area contributed by atoms with Crippen molar-refractivity contribution in [3.8, 4) is 11.1 Å². The summed E-state index contributed by atoms with van der Waals surface area (Å²) in [6.07, 6.45) is 5.69. The van der Waals surface area contributed by atoms with Crippen molar-refractivity contribution in [3.63, 3.8) is 0 Å². The normalized spacial score (nSPS) is 16.2. The summed E-state index contributed by atoms with van der Waals surface area (Å²) in [4.78, 5) is 18.5. The first-order valence-corrected chi connectivity index (χ1v) is 9.60. The Hall–Kier alpha value is -3.79. The first-order valence-electron chi connectivity index (χ1n) is 9.60. The summed E-state index contributed by atoms with van der Waals surface area (Å²) < 4.78 is 35.3. The maximum absolute atomic E-state index is 14.9. The molecule has 0 saturated carbocycles. The number of carbonyl (C=O) groups is 1. The summed E-state index contributed by atoms with van der Waals surface area (Å²) in [7, 11) is 0. The van der Waals surface area contributed by atoms with Crippen LogP contribution in [0.5, 0.6) is 0 Å². The molecule has 3 N–H and O–H groups in total. The molecule has 3 aromatic heterocycles. The van der Waals surface area contributed by atoms with Gasteiger partial charge < -0.3 is 19.7 Å². The molecule has 0 aliphatic carbocycles. The smallest absolute Gasteiger partial charge is 0.291 e. The number of H-pyrrole nitrogens is 1. The summed E-state index contributed by atoms with van der Waals surface area (Å²) in [6.45, 7) is 0.549. The Balaban J connectivity index is 1.56. The quantitative estimate of drug-likeness (QED) is 0.462. The van der Waals surface area contributed by atoms with Crippen molar-refractivity contribution >= 4 is 28.3 Å². The third kappa shape index (κ3) is 3.40. The van der Waals surface area contributed by atoms with E-state index in [0.29, 0.717) is 29.5 Å². The lowest BCUT2D eigenvalue weighted by Crippen LogP contribution is -2.29. The van der Waals surface area contributed by atoms with E-state index in [1.54, 1.807) is 6.07 Å². The molecule has 1 aliphatic rings. The number of hydrogen-bond donors (Lipinski definition) is 3. The van der Waals surface area contributed by atoms with E-state index in [1.165, 1.54) is 29.7 Å². The van der Waals surface area contributed by atoms with E-state index in [-0.39, 0.29) is 29.2 Å². The monoisotopic (exact) mass is 425 g/mol. The fourth-order valence-electron chi connectivity index (χ4n) is 3.68. The Morgan fingerprint density at radius 3 is 2.90 bits per heavy atom. The van der Waals surface area contributed by atoms with Crippen molar-refractivity contribution in [1.29, 1.82) is 0 Å². The van der Waals surface area contributed by atoms with E-state index in [9.17, 15) is 18.7 Å². The van der Waals surface area contributed by atoms with Gasteiger partial charge in [0.15, 0.2) is 0 Å². The van der Waals surface area contributed by atoms with Gasteiger partial charge in [-0.05, 0) is 18.6 Å². The molecule has 158 valence electrons. The van der Waals surface area contributed by atoms with Gasteiger partial charge in [-0.2, -0.15) is 5.10 Å². The molecule has 0 spiro atoms. The number of carbonyl (C=O) groups excluding carboxylic acids is 1. The van der Waals surface area contributed by atoms with Crippen LogP contribution >= 0.6 is 0 Å². The lowest BCUT2D eigenvalue weighted by atomic mass is 10.1.